The minimum absolute atomic E-state index is 0.184. The van der Waals surface area contributed by atoms with Crippen molar-refractivity contribution in [2.75, 3.05) is 11.9 Å². The summed E-state index contributed by atoms with van der Waals surface area (Å²) in [5.41, 5.74) is 4.69. The van der Waals surface area contributed by atoms with Gasteiger partial charge in [0.15, 0.2) is 0 Å². The number of amides is 1. The fourth-order valence-corrected chi connectivity index (χ4v) is 2.78. The summed E-state index contributed by atoms with van der Waals surface area (Å²) in [4.78, 5) is 17.3. The third kappa shape index (κ3) is 5.94. The monoisotopic (exact) mass is 458 g/mol. The number of nitrogens with one attached hydrogen (secondary N) is 2. The molecule has 1 amide bonds. The molecule has 0 aliphatic rings. The number of aliphatic hydroxyl groups is 1. The quantitative estimate of drug-likeness (QED) is 0.334. The zero-order valence-corrected chi connectivity index (χ0v) is 16.1. The largest absolute Gasteiger partial charge is 0.393 e. The minimum atomic E-state index is -0.510. The van der Waals surface area contributed by atoms with Crippen molar-refractivity contribution in [3.05, 3.63) is 56.9 Å². The fraction of sp³-hybridized carbons (Fsp3) is 0.278. The summed E-state index contributed by atoms with van der Waals surface area (Å²) in [6, 6.07) is 9.67. The van der Waals surface area contributed by atoms with E-state index < -0.39 is 17.8 Å². The smallest absolute Gasteiger partial charge is 0.276 e. The van der Waals surface area contributed by atoms with E-state index in [1.165, 1.54) is 18.2 Å². The topological polar surface area (TPSA) is 70.6 Å². The number of carbonyl (C=O) groups is 1. The van der Waals surface area contributed by atoms with Crippen LogP contribution >= 0.6 is 22.6 Å². The highest BCUT2D eigenvalue weighted by molar-refractivity contribution is 14.1. The van der Waals surface area contributed by atoms with Gasteiger partial charge in [0.1, 0.15) is 5.82 Å². The number of aryl methyl sites for hydroxylation is 1. The Hall–Kier alpha value is -1.71. The van der Waals surface area contributed by atoms with E-state index in [1.54, 1.807) is 6.92 Å². The Bertz CT molecular complexity index is 753. The lowest BCUT2D eigenvalue weighted by molar-refractivity contribution is 0.0187. The number of aliphatic hydroxyl groups excluding tert-OH is 1. The molecule has 2 rings (SSSR count). The van der Waals surface area contributed by atoms with Gasteiger partial charge in [-0.3, -0.25) is 9.63 Å². The molecular formula is C18H20FIN2O3. The van der Waals surface area contributed by atoms with Crippen LogP contribution in [-0.4, -0.2) is 23.7 Å². The molecule has 2 aromatic carbocycles. The Kier molecular flexibility index (Phi) is 7.15. The average Bonchev–Trinajstić information content (AvgIpc) is 2.54. The number of benzene rings is 2. The molecule has 0 bridgehead atoms. The van der Waals surface area contributed by atoms with Crippen molar-refractivity contribution >= 4 is 39.9 Å². The van der Waals surface area contributed by atoms with Gasteiger partial charge < -0.3 is 10.4 Å². The highest BCUT2D eigenvalue weighted by atomic mass is 127. The molecule has 0 spiro atoms. The molecule has 134 valence electrons. The Morgan fingerprint density at radius 3 is 2.72 bits per heavy atom. The van der Waals surface area contributed by atoms with E-state index >= 15 is 0 Å². The van der Waals surface area contributed by atoms with Gasteiger partial charge in [-0.2, -0.15) is 0 Å². The van der Waals surface area contributed by atoms with Crippen LogP contribution in [0.2, 0.25) is 0 Å². The second-order valence-corrected chi connectivity index (χ2v) is 6.94. The molecule has 0 aliphatic heterocycles. The SMILES string of the molecule is Cc1cc(I)ccc1Nc1cc(F)ccc1C(=O)NOCCC(C)O. The summed E-state index contributed by atoms with van der Waals surface area (Å²) in [6.45, 7) is 3.75. The Labute approximate surface area is 159 Å². The van der Waals surface area contributed by atoms with E-state index in [0.717, 1.165) is 14.8 Å². The summed E-state index contributed by atoms with van der Waals surface area (Å²) in [5.74, 6) is -0.937. The van der Waals surface area contributed by atoms with Crippen LogP contribution in [0.5, 0.6) is 0 Å². The first-order valence-electron chi connectivity index (χ1n) is 7.79. The summed E-state index contributed by atoms with van der Waals surface area (Å²) in [7, 11) is 0. The Morgan fingerprint density at radius 2 is 2.04 bits per heavy atom. The first-order chi connectivity index (χ1) is 11.9. The van der Waals surface area contributed by atoms with Gasteiger partial charge in [0, 0.05) is 9.26 Å². The molecule has 0 radical (unpaired) electrons. The predicted octanol–water partition coefficient (Wildman–Crippen LogP) is 3.91. The molecule has 25 heavy (non-hydrogen) atoms. The lowest BCUT2D eigenvalue weighted by Gasteiger charge is -2.14. The lowest BCUT2D eigenvalue weighted by Crippen LogP contribution is -2.26. The molecule has 0 saturated heterocycles. The van der Waals surface area contributed by atoms with Crippen LogP contribution in [0.1, 0.15) is 29.3 Å². The zero-order chi connectivity index (χ0) is 18.4. The maximum atomic E-state index is 13.6. The van der Waals surface area contributed by atoms with Crippen molar-refractivity contribution in [3.63, 3.8) is 0 Å². The van der Waals surface area contributed by atoms with Crippen molar-refractivity contribution in [1.29, 1.82) is 0 Å². The van der Waals surface area contributed by atoms with Crippen LogP contribution in [0.15, 0.2) is 36.4 Å². The number of halogens is 2. The van der Waals surface area contributed by atoms with Gasteiger partial charge >= 0.3 is 0 Å². The van der Waals surface area contributed by atoms with Gasteiger partial charge in [-0.25, -0.2) is 9.87 Å². The molecule has 5 nitrogen and oxygen atoms in total. The molecule has 0 aromatic heterocycles. The molecule has 7 heteroatoms. The van der Waals surface area contributed by atoms with Gasteiger partial charge in [0.05, 0.1) is 24.0 Å². The first-order valence-corrected chi connectivity index (χ1v) is 8.87. The van der Waals surface area contributed by atoms with E-state index in [4.69, 9.17) is 4.84 Å². The number of anilines is 2. The van der Waals surface area contributed by atoms with Gasteiger partial charge in [0.25, 0.3) is 5.91 Å². The van der Waals surface area contributed by atoms with Gasteiger partial charge in [-0.15, -0.1) is 0 Å². The molecule has 1 atom stereocenters. The minimum Gasteiger partial charge on any atom is -0.393 e. The van der Waals surface area contributed by atoms with Crippen LogP contribution in [0.4, 0.5) is 15.8 Å². The van der Waals surface area contributed by atoms with Crippen molar-refractivity contribution in [3.8, 4) is 0 Å². The van der Waals surface area contributed by atoms with Crippen LogP contribution in [0, 0.1) is 16.3 Å². The number of carbonyl (C=O) groups excluding carboxylic acids is 1. The van der Waals surface area contributed by atoms with Gasteiger partial charge in [-0.05, 0) is 84.8 Å². The van der Waals surface area contributed by atoms with Crippen molar-refractivity contribution in [2.45, 2.75) is 26.4 Å². The van der Waals surface area contributed by atoms with Crippen LogP contribution in [0.25, 0.3) is 0 Å². The molecule has 2 aromatic rings. The van der Waals surface area contributed by atoms with Crippen LogP contribution in [-0.2, 0) is 4.84 Å². The van der Waals surface area contributed by atoms with Crippen LogP contribution in [0.3, 0.4) is 0 Å². The lowest BCUT2D eigenvalue weighted by atomic mass is 10.1. The molecule has 0 fully saturated rings. The van der Waals surface area contributed by atoms with E-state index in [1.807, 2.05) is 25.1 Å². The van der Waals surface area contributed by atoms with Crippen LogP contribution < -0.4 is 10.8 Å². The normalized spacial score (nSPS) is 11.9. The highest BCUT2D eigenvalue weighted by Crippen LogP contribution is 2.25. The molecule has 0 saturated carbocycles. The Morgan fingerprint density at radius 1 is 1.28 bits per heavy atom. The van der Waals surface area contributed by atoms with E-state index in [9.17, 15) is 14.3 Å². The maximum absolute atomic E-state index is 13.6. The zero-order valence-electron chi connectivity index (χ0n) is 14.0. The fourth-order valence-electron chi connectivity index (χ4n) is 2.13. The predicted molar refractivity (Wildman–Crippen MR) is 103 cm³/mol. The molecule has 0 aliphatic carbocycles. The van der Waals surface area contributed by atoms with Gasteiger partial charge in [-0.1, -0.05) is 0 Å². The van der Waals surface area contributed by atoms with E-state index in [2.05, 4.69) is 33.4 Å². The third-order valence-electron chi connectivity index (χ3n) is 3.49. The van der Waals surface area contributed by atoms with E-state index in [-0.39, 0.29) is 12.2 Å². The summed E-state index contributed by atoms with van der Waals surface area (Å²) in [6.07, 6.45) is -0.111. The van der Waals surface area contributed by atoms with Crippen molar-refractivity contribution < 1.29 is 19.1 Å². The van der Waals surface area contributed by atoms with E-state index in [0.29, 0.717) is 12.1 Å². The standard InChI is InChI=1S/C18H20FIN2O3/c1-11-9-14(20)4-6-16(11)21-17-10-13(19)3-5-15(17)18(24)22-25-8-7-12(2)23/h3-6,9-10,12,21,23H,7-8H2,1-2H3,(H,22,24). The summed E-state index contributed by atoms with van der Waals surface area (Å²) < 4.78 is 14.7. The molecule has 3 N–H and O–H groups in total. The average molecular weight is 458 g/mol. The Balaban J connectivity index is 2.15. The summed E-state index contributed by atoms with van der Waals surface area (Å²) >= 11 is 2.21. The highest BCUT2D eigenvalue weighted by Gasteiger charge is 2.14. The number of rotatable bonds is 7. The van der Waals surface area contributed by atoms with Crippen molar-refractivity contribution in [2.24, 2.45) is 0 Å². The number of hydroxylamine groups is 1. The third-order valence-corrected chi connectivity index (χ3v) is 4.16. The number of hydrogen-bond donors (Lipinski definition) is 3. The second-order valence-electron chi connectivity index (χ2n) is 5.69. The molecular weight excluding hydrogens is 438 g/mol. The number of hydrogen-bond acceptors (Lipinski definition) is 4. The summed E-state index contributed by atoms with van der Waals surface area (Å²) in [5, 5.41) is 12.3. The second kappa shape index (κ2) is 9.12. The first kappa shape index (κ1) is 19.6. The maximum Gasteiger partial charge on any atom is 0.276 e. The van der Waals surface area contributed by atoms with Crippen molar-refractivity contribution in [1.82, 2.24) is 5.48 Å². The molecule has 1 unspecified atom stereocenters. The molecule has 0 heterocycles. The van der Waals surface area contributed by atoms with Gasteiger partial charge in [0.2, 0.25) is 0 Å².